The van der Waals surface area contributed by atoms with E-state index in [1.807, 2.05) is 0 Å². The number of aliphatic hydroxyl groups excluding tert-OH is 1. The highest BCUT2D eigenvalue weighted by molar-refractivity contribution is 5.78. The molecule has 0 aliphatic heterocycles. The molecule has 0 aliphatic rings. The number of hydrogen-bond acceptors (Lipinski definition) is 4. The first kappa shape index (κ1) is 13.2. The molecule has 0 bridgehead atoms. The summed E-state index contributed by atoms with van der Waals surface area (Å²) in [6.07, 6.45) is -1.29. The van der Waals surface area contributed by atoms with Gasteiger partial charge < -0.3 is 9.84 Å². The summed E-state index contributed by atoms with van der Waals surface area (Å²) in [7, 11) is 0. The van der Waals surface area contributed by atoms with Crippen molar-refractivity contribution in [3.63, 3.8) is 0 Å². The summed E-state index contributed by atoms with van der Waals surface area (Å²) in [5.74, 6) is -0.184. The zero-order valence-corrected chi connectivity index (χ0v) is 10.1. The van der Waals surface area contributed by atoms with E-state index in [2.05, 4.69) is 0 Å². The fraction of sp³-hybridized carbons (Fsp3) is 0.385. The first-order valence-corrected chi connectivity index (χ1v) is 5.25. The maximum atomic E-state index is 11.7. The number of rotatable bonds is 2. The first-order valence-electron chi connectivity index (χ1n) is 5.25. The van der Waals surface area contributed by atoms with Crippen LogP contribution in [0, 0.1) is 16.7 Å². The third kappa shape index (κ3) is 3.30. The standard InChI is InChI=1S/C13H15NO3/c1-13(2,3)12(16)17-11-7-5-4-6-9(11)10(15)8-14/h4-7,10,15H,1-3H3. The van der Waals surface area contributed by atoms with Crippen LogP contribution in [-0.2, 0) is 4.79 Å². The molecule has 0 saturated carbocycles. The monoisotopic (exact) mass is 233 g/mol. The maximum absolute atomic E-state index is 11.7. The summed E-state index contributed by atoms with van der Waals surface area (Å²) >= 11 is 0. The molecule has 4 nitrogen and oxygen atoms in total. The summed E-state index contributed by atoms with van der Waals surface area (Å²) in [6.45, 7) is 5.20. The molecule has 0 radical (unpaired) electrons. The molecule has 17 heavy (non-hydrogen) atoms. The van der Waals surface area contributed by atoms with Crippen molar-refractivity contribution in [3.05, 3.63) is 29.8 Å². The minimum atomic E-state index is -1.29. The Morgan fingerprint density at radius 1 is 1.41 bits per heavy atom. The van der Waals surface area contributed by atoms with E-state index in [9.17, 15) is 9.90 Å². The average Bonchev–Trinajstić information content (AvgIpc) is 2.27. The molecule has 0 spiro atoms. The van der Waals surface area contributed by atoms with Crippen LogP contribution in [0.2, 0.25) is 0 Å². The molecule has 0 fully saturated rings. The van der Waals surface area contributed by atoms with Crippen molar-refractivity contribution in [1.82, 2.24) is 0 Å². The predicted octanol–water partition coefficient (Wildman–Crippen LogP) is 2.20. The van der Waals surface area contributed by atoms with Crippen LogP contribution in [0.5, 0.6) is 5.75 Å². The van der Waals surface area contributed by atoms with E-state index < -0.39 is 17.5 Å². The lowest BCUT2D eigenvalue weighted by Crippen LogP contribution is -2.26. The van der Waals surface area contributed by atoms with Gasteiger partial charge in [-0.3, -0.25) is 4.79 Å². The lowest BCUT2D eigenvalue weighted by molar-refractivity contribution is -0.143. The average molecular weight is 233 g/mol. The van der Waals surface area contributed by atoms with Gasteiger partial charge in [0, 0.05) is 5.56 Å². The topological polar surface area (TPSA) is 70.3 Å². The van der Waals surface area contributed by atoms with Crippen LogP contribution >= 0.6 is 0 Å². The third-order valence-corrected chi connectivity index (χ3v) is 2.15. The second-order valence-electron chi connectivity index (χ2n) is 4.71. The molecule has 1 N–H and O–H groups in total. The Balaban J connectivity index is 3.00. The van der Waals surface area contributed by atoms with Gasteiger partial charge >= 0.3 is 5.97 Å². The first-order chi connectivity index (χ1) is 7.86. The summed E-state index contributed by atoms with van der Waals surface area (Å²) in [6, 6.07) is 8.16. The second kappa shape index (κ2) is 4.98. The van der Waals surface area contributed by atoms with Crippen molar-refractivity contribution < 1.29 is 14.6 Å². The fourth-order valence-electron chi connectivity index (χ4n) is 1.12. The van der Waals surface area contributed by atoms with E-state index in [0.717, 1.165) is 0 Å². The van der Waals surface area contributed by atoms with E-state index in [0.29, 0.717) is 5.56 Å². The summed E-state index contributed by atoms with van der Waals surface area (Å²) < 4.78 is 5.18. The number of carbonyl (C=O) groups excluding carboxylic acids is 1. The molecule has 1 rings (SSSR count). The van der Waals surface area contributed by atoms with E-state index in [1.54, 1.807) is 51.1 Å². The van der Waals surface area contributed by atoms with E-state index >= 15 is 0 Å². The molecular weight excluding hydrogens is 218 g/mol. The highest BCUT2D eigenvalue weighted by Gasteiger charge is 2.25. The second-order valence-corrected chi connectivity index (χ2v) is 4.71. The lowest BCUT2D eigenvalue weighted by Gasteiger charge is -2.18. The molecule has 1 aromatic rings. The number of carbonyl (C=O) groups is 1. The molecule has 1 unspecified atom stereocenters. The predicted molar refractivity (Wildman–Crippen MR) is 62.1 cm³/mol. The van der Waals surface area contributed by atoms with Gasteiger partial charge in [0.2, 0.25) is 0 Å². The van der Waals surface area contributed by atoms with Crippen molar-refractivity contribution in [2.45, 2.75) is 26.9 Å². The molecule has 0 heterocycles. The molecule has 1 aromatic carbocycles. The molecule has 0 aromatic heterocycles. The summed E-state index contributed by atoms with van der Waals surface area (Å²) in [5.41, 5.74) is -0.336. The van der Waals surface area contributed by atoms with Crippen LogP contribution in [0.25, 0.3) is 0 Å². The minimum Gasteiger partial charge on any atom is -0.426 e. The number of para-hydroxylation sites is 1. The Morgan fingerprint density at radius 2 is 2.00 bits per heavy atom. The normalized spacial score (nSPS) is 12.6. The Bertz CT molecular complexity index is 454. The molecule has 1 atom stereocenters. The Kier molecular flexibility index (Phi) is 3.87. The van der Waals surface area contributed by atoms with Gasteiger partial charge in [-0.05, 0) is 26.8 Å². The van der Waals surface area contributed by atoms with Crippen molar-refractivity contribution in [3.8, 4) is 11.8 Å². The van der Waals surface area contributed by atoms with E-state index in [-0.39, 0.29) is 5.75 Å². The van der Waals surface area contributed by atoms with Crippen LogP contribution in [0.15, 0.2) is 24.3 Å². The molecule has 4 heteroatoms. The van der Waals surface area contributed by atoms with Crippen LogP contribution in [-0.4, -0.2) is 11.1 Å². The van der Waals surface area contributed by atoms with Gasteiger partial charge in [-0.1, -0.05) is 18.2 Å². The van der Waals surface area contributed by atoms with Gasteiger partial charge in [-0.15, -0.1) is 0 Å². The van der Waals surface area contributed by atoms with Crippen molar-refractivity contribution in [2.75, 3.05) is 0 Å². The highest BCUT2D eigenvalue weighted by Crippen LogP contribution is 2.27. The van der Waals surface area contributed by atoms with Crippen LogP contribution in [0.1, 0.15) is 32.4 Å². The largest absolute Gasteiger partial charge is 0.426 e. The quantitative estimate of drug-likeness (QED) is 0.483. The Morgan fingerprint density at radius 3 is 2.53 bits per heavy atom. The van der Waals surface area contributed by atoms with E-state index in [4.69, 9.17) is 10.00 Å². The Hall–Kier alpha value is -1.86. The summed E-state index contributed by atoms with van der Waals surface area (Å²) in [4.78, 5) is 11.7. The van der Waals surface area contributed by atoms with Crippen LogP contribution < -0.4 is 4.74 Å². The van der Waals surface area contributed by atoms with Crippen LogP contribution in [0.3, 0.4) is 0 Å². The van der Waals surface area contributed by atoms with E-state index in [1.165, 1.54) is 0 Å². The molecular formula is C13H15NO3. The highest BCUT2D eigenvalue weighted by atomic mass is 16.5. The van der Waals surface area contributed by atoms with Gasteiger partial charge in [0.25, 0.3) is 0 Å². The molecule has 0 saturated heterocycles. The van der Waals surface area contributed by atoms with Crippen LogP contribution in [0.4, 0.5) is 0 Å². The number of aliphatic hydroxyl groups is 1. The third-order valence-electron chi connectivity index (χ3n) is 2.15. The SMILES string of the molecule is CC(C)(C)C(=O)Oc1ccccc1C(O)C#N. The zero-order valence-electron chi connectivity index (χ0n) is 10.1. The maximum Gasteiger partial charge on any atom is 0.316 e. The Labute approximate surface area is 100 Å². The van der Waals surface area contributed by atoms with Gasteiger partial charge in [-0.2, -0.15) is 5.26 Å². The van der Waals surface area contributed by atoms with Gasteiger partial charge in [0.1, 0.15) is 5.75 Å². The number of nitrogens with zero attached hydrogens (tertiary/aromatic N) is 1. The lowest BCUT2D eigenvalue weighted by atomic mass is 9.97. The van der Waals surface area contributed by atoms with Gasteiger partial charge in [0.15, 0.2) is 6.10 Å². The number of hydrogen-bond donors (Lipinski definition) is 1. The fourth-order valence-corrected chi connectivity index (χ4v) is 1.12. The number of benzene rings is 1. The zero-order chi connectivity index (χ0) is 13.1. The number of esters is 1. The smallest absolute Gasteiger partial charge is 0.316 e. The molecule has 0 amide bonds. The van der Waals surface area contributed by atoms with Gasteiger partial charge in [0.05, 0.1) is 11.5 Å². The van der Waals surface area contributed by atoms with Crippen molar-refractivity contribution in [2.24, 2.45) is 5.41 Å². The molecule has 0 aliphatic carbocycles. The molecule has 90 valence electrons. The summed E-state index contributed by atoms with van der Waals surface area (Å²) in [5, 5.41) is 18.1. The number of nitriles is 1. The van der Waals surface area contributed by atoms with Gasteiger partial charge in [-0.25, -0.2) is 0 Å². The van der Waals surface area contributed by atoms with Crippen molar-refractivity contribution >= 4 is 5.97 Å². The minimum absolute atomic E-state index is 0.224. The van der Waals surface area contributed by atoms with Crippen molar-refractivity contribution in [1.29, 1.82) is 5.26 Å². The number of ether oxygens (including phenoxy) is 1.